The largest absolute Gasteiger partial charge is 0.325 e. The lowest BCUT2D eigenvalue weighted by Crippen LogP contribution is -2.39. The molecule has 1 aliphatic rings. The highest BCUT2D eigenvalue weighted by Crippen LogP contribution is 2.44. The molecule has 4 nitrogen and oxygen atoms in total. The second-order valence-electron chi connectivity index (χ2n) is 13.3. The molecule has 0 atom stereocenters. The highest BCUT2D eigenvalue weighted by atomic mass is 32.2. The summed E-state index contributed by atoms with van der Waals surface area (Å²) in [6, 6.07) is 12.3. The third-order valence-electron chi connectivity index (χ3n) is 8.42. The molecule has 0 N–H and O–H groups in total. The van der Waals surface area contributed by atoms with Crippen molar-refractivity contribution in [3.8, 4) is 11.1 Å². The van der Waals surface area contributed by atoms with E-state index in [-0.39, 0.29) is 0 Å². The van der Waals surface area contributed by atoms with E-state index < -0.39 is 9.84 Å². The predicted octanol–water partition coefficient (Wildman–Crippen LogP) is 8.37. The highest BCUT2D eigenvalue weighted by molar-refractivity contribution is 7.92. The van der Waals surface area contributed by atoms with Gasteiger partial charge in [-0.2, -0.15) is 0 Å². The number of quaternary nitrogens is 2. The normalized spacial score (nSPS) is 14.4. The van der Waals surface area contributed by atoms with Gasteiger partial charge in [-0.1, -0.05) is 89.5 Å². The summed E-state index contributed by atoms with van der Waals surface area (Å²) in [7, 11) is 5.56. The Balaban J connectivity index is 1.64. The number of hydrogen-bond acceptors (Lipinski definition) is 2. The first-order chi connectivity index (χ1) is 18.5. The van der Waals surface area contributed by atoms with Gasteiger partial charge < -0.3 is 8.97 Å². The quantitative estimate of drug-likeness (QED) is 0.116. The van der Waals surface area contributed by atoms with Crippen LogP contribution in [0.3, 0.4) is 0 Å². The average Bonchev–Trinajstić information content (AvgIpc) is 3.09. The number of unbranched alkanes of at least 4 members (excludes halogenated alkanes) is 10. The monoisotopic (exact) mass is 556 g/mol. The van der Waals surface area contributed by atoms with Crippen molar-refractivity contribution in [2.45, 2.75) is 114 Å². The fourth-order valence-corrected chi connectivity index (χ4v) is 7.91. The van der Waals surface area contributed by atoms with E-state index in [0.717, 1.165) is 57.4 Å². The second kappa shape index (κ2) is 14.3. The number of benzene rings is 2. The first-order valence-electron chi connectivity index (χ1n) is 15.6. The second-order valence-corrected chi connectivity index (χ2v) is 15.2. The van der Waals surface area contributed by atoms with Crippen LogP contribution in [-0.4, -0.2) is 58.7 Å². The zero-order valence-electron chi connectivity index (χ0n) is 25.9. The van der Waals surface area contributed by atoms with Crippen LogP contribution < -0.4 is 0 Å². The number of fused-ring (bicyclic) bond motifs is 3. The van der Waals surface area contributed by atoms with Crippen molar-refractivity contribution in [2.24, 2.45) is 0 Å². The maximum Gasteiger partial charge on any atom is 0.207 e. The fraction of sp³-hybridized carbons (Fsp3) is 0.647. The Bertz CT molecular complexity index is 1080. The van der Waals surface area contributed by atoms with Crippen LogP contribution >= 0.6 is 0 Å². The molecular weight excluding hydrogens is 500 g/mol. The molecule has 0 fully saturated rings. The summed E-state index contributed by atoms with van der Waals surface area (Å²) in [5.41, 5.74) is 3.95. The molecule has 2 aromatic carbocycles. The first-order valence-corrected chi connectivity index (χ1v) is 17.1. The van der Waals surface area contributed by atoms with Crippen molar-refractivity contribution in [1.82, 2.24) is 0 Å². The molecule has 3 rings (SSSR count). The molecule has 39 heavy (non-hydrogen) atoms. The van der Waals surface area contributed by atoms with Crippen LogP contribution in [0.15, 0.2) is 46.2 Å². The minimum Gasteiger partial charge on any atom is -0.325 e. The molecule has 0 saturated heterocycles. The first kappa shape index (κ1) is 31.8. The molecule has 0 saturated carbocycles. The molecule has 1 heterocycles. The molecule has 0 unspecified atom stereocenters. The van der Waals surface area contributed by atoms with Crippen molar-refractivity contribution >= 4 is 9.84 Å². The van der Waals surface area contributed by atoms with Gasteiger partial charge in [-0.3, -0.25) is 0 Å². The lowest BCUT2D eigenvalue weighted by Gasteiger charge is -2.30. The maximum absolute atomic E-state index is 13.7. The molecule has 0 radical (unpaired) electrons. The lowest BCUT2D eigenvalue weighted by molar-refractivity contribution is -0.903. The van der Waals surface area contributed by atoms with Crippen LogP contribution in [0.1, 0.15) is 102 Å². The standard InChI is InChI=1S/C34H56N2O2S/c1-7-9-11-13-15-17-23-35(3,4)27-29-19-21-31-32-22-20-30(26-34(32)39(37,38)33(31)25-29)28-36(5,6)24-18-16-14-12-10-8-2/h19-22,25-26H,7-18,23-24,27-28H2,1-6H3/q+2. The molecule has 0 aliphatic carbocycles. The molecule has 0 bridgehead atoms. The predicted molar refractivity (Wildman–Crippen MR) is 165 cm³/mol. The van der Waals surface area contributed by atoms with Crippen LogP contribution in [0.4, 0.5) is 0 Å². The number of sulfone groups is 1. The van der Waals surface area contributed by atoms with E-state index in [0.29, 0.717) is 9.79 Å². The Morgan fingerprint density at radius 3 is 1.28 bits per heavy atom. The number of rotatable bonds is 18. The summed E-state index contributed by atoms with van der Waals surface area (Å²) in [5.74, 6) is 0. The van der Waals surface area contributed by atoms with Gasteiger partial charge in [0.1, 0.15) is 13.1 Å². The van der Waals surface area contributed by atoms with Gasteiger partial charge >= 0.3 is 0 Å². The molecule has 0 amide bonds. The minimum absolute atomic E-state index is 0.493. The zero-order chi connectivity index (χ0) is 28.5. The number of hydrogen-bond donors (Lipinski definition) is 0. The molecule has 5 heteroatoms. The zero-order valence-corrected chi connectivity index (χ0v) is 26.7. The maximum atomic E-state index is 13.7. The van der Waals surface area contributed by atoms with Gasteiger partial charge in [-0.15, -0.1) is 0 Å². The topological polar surface area (TPSA) is 34.1 Å². The molecule has 1 aliphatic heterocycles. The summed E-state index contributed by atoms with van der Waals surface area (Å²) >= 11 is 0. The van der Waals surface area contributed by atoms with Crippen LogP contribution in [0.2, 0.25) is 0 Å². The summed E-state index contributed by atoms with van der Waals surface area (Å²) in [5, 5.41) is 0. The minimum atomic E-state index is -3.49. The van der Waals surface area contributed by atoms with Gasteiger partial charge in [-0.05, 0) is 37.8 Å². The Labute approximate surface area is 240 Å². The fourth-order valence-electron chi connectivity index (χ4n) is 6.13. The van der Waals surface area contributed by atoms with Crippen molar-refractivity contribution in [2.75, 3.05) is 41.3 Å². The van der Waals surface area contributed by atoms with Crippen LogP contribution in [0.5, 0.6) is 0 Å². The molecule has 218 valence electrons. The van der Waals surface area contributed by atoms with Crippen molar-refractivity contribution < 1.29 is 17.4 Å². The van der Waals surface area contributed by atoms with Crippen LogP contribution in [0, 0.1) is 0 Å². The SMILES string of the molecule is CCCCCCCC[N+](C)(C)Cc1ccc2c(c1)S(=O)(=O)c1cc(C[N+](C)(C)CCCCCCCC)ccc1-2. The van der Waals surface area contributed by atoms with E-state index in [9.17, 15) is 8.42 Å². The lowest BCUT2D eigenvalue weighted by atomic mass is 10.0. The number of nitrogens with zero attached hydrogens (tertiary/aromatic N) is 2. The van der Waals surface area contributed by atoms with E-state index in [1.807, 2.05) is 24.3 Å². The van der Waals surface area contributed by atoms with E-state index >= 15 is 0 Å². The molecule has 0 spiro atoms. The van der Waals surface area contributed by atoms with Crippen LogP contribution in [-0.2, 0) is 22.9 Å². The van der Waals surface area contributed by atoms with Crippen molar-refractivity contribution in [3.63, 3.8) is 0 Å². The Morgan fingerprint density at radius 2 is 0.897 bits per heavy atom. The highest BCUT2D eigenvalue weighted by Gasteiger charge is 2.34. The molecular formula is C34H56N2O2S+2. The smallest absolute Gasteiger partial charge is 0.207 e. The van der Waals surface area contributed by atoms with E-state index in [4.69, 9.17) is 0 Å². The van der Waals surface area contributed by atoms with E-state index in [1.54, 1.807) is 0 Å². The van der Waals surface area contributed by atoms with Gasteiger partial charge in [0, 0.05) is 22.3 Å². The van der Waals surface area contributed by atoms with Gasteiger partial charge in [-0.25, -0.2) is 8.42 Å². The van der Waals surface area contributed by atoms with Crippen molar-refractivity contribution in [1.29, 1.82) is 0 Å². The van der Waals surface area contributed by atoms with Gasteiger partial charge in [0.05, 0.1) is 51.1 Å². The van der Waals surface area contributed by atoms with Crippen molar-refractivity contribution in [3.05, 3.63) is 47.5 Å². The summed E-state index contributed by atoms with van der Waals surface area (Å²) in [6.45, 7) is 8.45. The Morgan fingerprint density at radius 1 is 0.538 bits per heavy atom. The molecule has 2 aromatic rings. The van der Waals surface area contributed by atoms with Gasteiger partial charge in [0.25, 0.3) is 0 Å². The Kier molecular flexibility index (Phi) is 11.7. The Hall–Kier alpha value is -1.69. The summed E-state index contributed by atoms with van der Waals surface area (Å²) in [6.07, 6.45) is 15.6. The van der Waals surface area contributed by atoms with Gasteiger partial charge in [0.15, 0.2) is 0 Å². The van der Waals surface area contributed by atoms with Crippen LogP contribution in [0.25, 0.3) is 11.1 Å². The van der Waals surface area contributed by atoms with E-state index in [1.165, 1.54) is 77.0 Å². The van der Waals surface area contributed by atoms with E-state index in [2.05, 4.69) is 54.2 Å². The third kappa shape index (κ3) is 9.16. The third-order valence-corrected chi connectivity index (χ3v) is 10.3. The summed E-state index contributed by atoms with van der Waals surface area (Å²) < 4.78 is 29.2. The summed E-state index contributed by atoms with van der Waals surface area (Å²) in [4.78, 5) is 0.986. The molecule has 0 aromatic heterocycles. The van der Waals surface area contributed by atoms with Gasteiger partial charge in [0.2, 0.25) is 9.84 Å². The average molecular weight is 557 g/mol.